The molecule has 3 rings (SSSR count). The van der Waals surface area contributed by atoms with Gasteiger partial charge in [-0.1, -0.05) is 6.07 Å². The number of fused-ring (bicyclic) bond motifs is 1. The number of nitrogens with one attached hydrogen (secondary N) is 2. The van der Waals surface area contributed by atoms with E-state index >= 15 is 0 Å². The summed E-state index contributed by atoms with van der Waals surface area (Å²) in [4.78, 5) is 22.9. The highest BCUT2D eigenvalue weighted by atomic mass is 16.5. The number of esters is 1. The average Bonchev–Trinajstić information content (AvgIpc) is 2.54. The lowest BCUT2D eigenvalue weighted by molar-refractivity contribution is -0.116. The monoisotopic (exact) mass is 296 g/mol. The van der Waals surface area contributed by atoms with Crippen LogP contribution in [0.15, 0.2) is 42.5 Å². The van der Waals surface area contributed by atoms with Gasteiger partial charge in [0.1, 0.15) is 0 Å². The molecule has 2 aromatic rings. The summed E-state index contributed by atoms with van der Waals surface area (Å²) in [5, 5.41) is 6.12. The quantitative estimate of drug-likeness (QED) is 0.854. The summed E-state index contributed by atoms with van der Waals surface area (Å²) in [6.07, 6.45) is 1.24. The van der Waals surface area contributed by atoms with Gasteiger partial charge < -0.3 is 15.4 Å². The van der Waals surface area contributed by atoms with Gasteiger partial charge >= 0.3 is 5.97 Å². The third kappa shape index (κ3) is 2.93. The van der Waals surface area contributed by atoms with Gasteiger partial charge in [-0.25, -0.2) is 4.79 Å². The van der Waals surface area contributed by atoms with Gasteiger partial charge in [0.05, 0.1) is 12.7 Å². The molecule has 0 atom stereocenters. The van der Waals surface area contributed by atoms with E-state index in [4.69, 9.17) is 4.74 Å². The fourth-order valence-corrected chi connectivity index (χ4v) is 2.47. The molecule has 0 radical (unpaired) electrons. The Bertz CT molecular complexity index is 740. The van der Waals surface area contributed by atoms with Crippen LogP contribution in [0.3, 0.4) is 0 Å². The Labute approximate surface area is 128 Å². The maximum atomic E-state index is 11.6. The summed E-state index contributed by atoms with van der Waals surface area (Å²) < 4.78 is 4.72. The van der Waals surface area contributed by atoms with Crippen LogP contribution in [0, 0.1) is 0 Å². The van der Waals surface area contributed by atoms with Crippen molar-refractivity contribution in [3.05, 3.63) is 53.6 Å². The number of methoxy groups -OCH3 is 1. The molecule has 0 saturated heterocycles. The lowest BCUT2D eigenvalue weighted by Gasteiger charge is -2.18. The first-order chi connectivity index (χ1) is 10.7. The topological polar surface area (TPSA) is 67.4 Å². The van der Waals surface area contributed by atoms with E-state index in [1.54, 1.807) is 18.2 Å². The number of carbonyl (C=O) groups excluding carboxylic acids is 2. The summed E-state index contributed by atoms with van der Waals surface area (Å²) in [5.41, 5.74) is 4.19. The molecule has 1 aliphatic heterocycles. The standard InChI is InChI=1S/C17H16N2O3/c1-22-17(21)12-3-2-4-13(10-12)18-14-6-7-15-11(9-14)5-8-16(20)19-15/h2-4,6-7,9-10,18H,5,8H2,1H3,(H,19,20). The maximum Gasteiger partial charge on any atom is 0.337 e. The number of amides is 1. The second-order valence-electron chi connectivity index (χ2n) is 5.12. The lowest BCUT2D eigenvalue weighted by atomic mass is 10.0. The van der Waals surface area contributed by atoms with Gasteiger partial charge in [-0.2, -0.15) is 0 Å². The molecule has 0 bridgehead atoms. The lowest BCUT2D eigenvalue weighted by Crippen LogP contribution is -2.18. The second-order valence-corrected chi connectivity index (χ2v) is 5.12. The van der Waals surface area contributed by atoms with Gasteiger partial charge in [0, 0.05) is 23.5 Å². The number of aryl methyl sites for hydroxylation is 1. The fraction of sp³-hybridized carbons (Fsp3) is 0.176. The average molecular weight is 296 g/mol. The summed E-state index contributed by atoms with van der Waals surface area (Å²) in [7, 11) is 1.36. The summed E-state index contributed by atoms with van der Waals surface area (Å²) in [6, 6.07) is 12.9. The molecule has 5 nitrogen and oxygen atoms in total. The van der Waals surface area contributed by atoms with Crippen molar-refractivity contribution < 1.29 is 14.3 Å². The van der Waals surface area contributed by atoms with Gasteiger partial charge in [0.25, 0.3) is 0 Å². The van der Waals surface area contributed by atoms with Gasteiger partial charge in [-0.3, -0.25) is 4.79 Å². The minimum Gasteiger partial charge on any atom is -0.465 e. The van der Waals surface area contributed by atoms with Gasteiger partial charge in [-0.05, 0) is 48.4 Å². The number of hydrogen-bond donors (Lipinski definition) is 2. The van der Waals surface area contributed by atoms with E-state index in [0.29, 0.717) is 12.0 Å². The zero-order chi connectivity index (χ0) is 15.5. The molecule has 0 aliphatic carbocycles. The minimum atomic E-state index is -0.364. The van der Waals surface area contributed by atoms with Crippen LogP contribution in [0.4, 0.5) is 17.1 Å². The molecule has 22 heavy (non-hydrogen) atoms. The third-order valence-electron chi connectivity index (χ3n) is 3.57. The molecule has 0 fully saturated rings. The maximum absolute atomic E-state index is 11.6. The fourth-order valence-electron chi connectivity index (χ4n) is 2.47. The van der Waals surface area contributed by atoms with Crippen LogP contribution in [0.5, 0.6) is 0 Å². The van der Waals surface area contributed by atoms with Crippen LogP contribution in [-0.4, -0.2) is 19.0 Å². The highest BCUT2D eigenvalue weighted by Gasteiger charge is 2.14. The molecule has 5 heteroatoms. The highest BCUT2D eigenvalue weighted by molar-refractivity contribution is 5.94. The van der Waals surface area contributed by atoms with Crippen LogP contribution < -0.4 is 10.6 Å². The molecule has 1 amide bonds. The Morgan fingerprint density at radius 2 is 1.95 bits per heavy atom. The first kappa shape index (κ1) is 14.1. The Morgan fingerprint density at radius 3 is 2.77 bits per heavy atom. The molecule has 2 N–H and O–H groups in total. The molecule has 0 saturated carbocycles. The van der Waals surface area contributed by atoms with E-state index in [-0.39, 0.29) is 11.9 Å². The zero-order valence-electron chi connectivity index (χ0n) is 12.2. The van der Waals surface area contributed by atoms with Crippen molar-refractivity contribution in [2.45, 2.75) is 12.8 Å². The number of rotatable bonds is 3. The molecular weight excluding hydrogens is 280 g/mol. The van der Waals surface area contributed by atoms with Crippen LogP contribution in [0.25, 0.3) is 0 Å². The first-order valence-corrected chi connectivity index (χ1v) is 7.04. The summed E-state index contributed by atoms with van der Waals surface area (Å²) in [6.45, 7) is 0. The predicted octanol–water partition coefficient (Wildman–Crippen LogP) is 3.10. The predicted molar refractivity (Wildman–Crippen MR) is 84.5 cm³/mol. The van der Waals surface area contributed by atoms with Crippen LogP contribution in [0.1, 0.15) is 22.3 Å². The molecular formula is C17H16N2O3. The van der Waals surface area contributed by atoms with Crippen molar-refractivity contribution in [2.75, 3.05) is 17.7 Å². The molecule has 0 unspecified atom stereocenters. The van der Waals surface area contributed by atoms with Gasteiger partial charge in [0.15, 0.2) is 0 Å². The van der Waals surface area contributed by atoms with Gasteiger partial charge in [-0.15, -0.1) is 0 Å². The summed E-state index contributed by atoms with van der Waals surface area (Å²) >= 11 is 0. The first-order valence-electron chi connectivity index (χ1n) is 7.04. The number of carbonyl (C=O) groups is 2. The SMILES string of the molecule is COC(=O)c1cccc(Nc2ccc3c(c2)CCC(=O)N3)c1. The number of benzene rings is 2. The smallest absolute Gasteiger partial charge is 0.337 e. The number of anilines is 3. The molecule has 0 spiro atoms. The van der Waals surface area contributed by atoms with E-state index in [1.165, 1.54) is 7.11 Å². The Balaban J connectivity index is 1.82. The van der Waals surface area contributed by atoms with Crippen LogP contribution >= 0.6 is 0 Å². The van der Waals surface area contributed by atoms with Crippen LogP contribution in [-0.2, 0) is 16.0 Å². The Kier molecular flexibility index (Phi) is 3.78. The van der Waals surface area contributed by atoms with E-state index in [2.05, 4.69) is 10.6 Å². The normalized spacial score (nSPS) is 13.0. The van der Waals surface area contributed by atoms with E-state index < -0.39 is 0 Å². The second kappa shape index (κ2) is 5.89. The largest absolute Gasteiger partial charge is 0.465 e. The van der Waals surface area contributed by atoms with Crippen molar-refractivity contribution in [1.29, 1.82) is 0 Å². The molecule has 0 aromatic heterocycles. The zero-order valence-corrected chi connectivity index (χ0v) is 12.2. The molecule has 2 aromatic carbocycles. The Morgan fingerprint density at radius 1 is 1.14 bits per heavy atom. The van der Waals surface area contributed by atoms with Crippen molar-refractivity contribution in [3.63, 3.8) is 0 Å². The molecule has 1 heterocycles. The van der Waals surface area contributed by atoms with E-state index in [1.807, 2.05) is 24.3 Å². The molecule has 1 aliphatic rings. The number of ether oxygens (including phenoxy) is 1. The van der Waals surface area contributed by atoms with Gasteiger partial charge in [0.2, 0.25) is 5.91 Å². The minimum absolute atomic E-state index is 0.0546. The van der Waals surface area contributed by atoms with Crippen molar-refractivity contribution in [2.24, 2.45) is 0 Å². The Hall–Kier alpha value is -2.82. The van der Waals surface area contributed by atoms with Crippen molar-refractivity contribution in [3.8, 4) is 0 Å². The summed E-state index contributed by atoms with van der Waals surface area (Å²) in [5.74, 6) is -0.309. The highest BCUT2D eigenvalue weighted by Crippen LogP contribution is 2.27. The van der Waals surface area contributed by atoms with E-state index in [0.717, 1.165) is 29.0 Å². The van der Waals surface area contributed by atoms with Crippen molar-refractivity contribution >= 4 is 28.9 Å². The van der Waals surface area contributed by atoms with Crippen molar-refractivity contribution in [1.82, 2.24) is 0 Å². The number of hydrogen-bond acceptors (Lipinski definition) is 4. The van der Waals surface area contributed by atoms with E-state index in [9.17, 15) is 9.59 Å². The molecule has 112 valence electrons. The third-order valence-corrected chi connectivity index (χ3v) is 3.57. The van der Waals surface area contributed by atoms with Crippen LogP contribution in [0.2, 0.25) is 0 Å².